The molecule has 1 aliphatic carbocycles. The summed E-state index contributed by atoms with van der Waals surface area (Å²) in [5.41, 5.74) is -0.942. The molecule has 7 heteroatoms. The van der Waals surface area contributed by atoms with E-state index in [1.807, 2.05) is 0 Å². The first-order chi connectivity index (χ1) is 8.91. The Kier molecular flexibility index (Phi) is 3.37. The van der Waals surface area contributed by atoms with E-state index in [1.165, 1.54) is 0 Å². The van der Waals surface area contributed by atoms with E-state index in [0.717, 1.165) is 31.4 Å². The topological polar surface area (TPSA) is 83.7 Å². The van der Waals surface area contributed by atoms with Crippen LogP contribution in [0.3, 0.4) is 0 Å². The summed E-state index contributed by atoms with van der Waals surface area (Å²) in [5.74, 6) is -2.47. The highest BCUT2D eigenvalue weighted by Crippen LogP contribution is 2.35. The van der Waals surface area contributed by atoms with Gasteiger partial charge in [-0.15, -0.1) is 0 Å². The Bertz CT molecular complexity index is 543. The molecule has 1 aromatic carbocycles. The van der Waals surface area contributed by atoms with Crippen LogP contribution in [0.1, 0.15) is 29.6 Å². The fraction of sp³-hybridized carbons (Fsp3) is 0.417. The van der Waals surface area contributed by atoms with Crippen molar-refractivity contribution < 1.29 is 19.2 Å². The van der Waals surface area contributed by atoms with Crippen LogP contribution < -0.4 is 4.90 Å². The predicted octanol–water partition coefficient (Wildman–Crippen LogP) is 2.42. The van der Waals surface area contributed by atoms with Crippen LogP contribution in [0, 0.1) is 15.9 Å². The fourth-order valence-electron chi connectivity index (χ4n) is 2.11. The molecule has 1 aromatic rings. The van der Waals surface area contributed by atoms with Crippen LogP contribution in [-0.4, -0.2) is 29.1 Å². The molecule has 0 bridgehead atoms. The van der Waals surface area contributed by atoms with Crippen molar-refractivity contribution in [2.45, 2.75) is 25.3 Å². The van der Waals surface area contributed by atoms with Crippen molar-refractivity contribution in [2.75, 3.05) is 11.9 Å². The van der Waals surface area contributed by atoms with Gasteiger partial charge in [-0.3, -0.25) is 10.1 Å². The smallest absolute Gasteiger partial charge is 0.338 e. The Morgan fingerprint density at radius 3 is 2.58 bits per heavy atom. The first-order valence-electron chi connectivity index (χ1n) is 5.86. The molecule has 0 saturated heterocycles. The predicted molar refractivity (Wildman–Crippen MR) is 66.1 cm³/mol. The monoisotopic (exact) mass is 268 g/mol. The van der Waals surface area contributed by atoms with E-state index in [2.05, 4.69) is 0 Å². The van der Waals surface area contributed by atoms with Gasteiger partial charge in [0.15, 0.2) is 0 Å². The summed E-state index contributed by atoms with van der Waals surface area (Å²) in [6, 6.07) is 1.86. The van der Waals surface area contributed by atoms with Crippen LogP contribution in [0.5, 0.6) is 0 Å². The molecule has 0 aliphatic heterocycles. The lowest BCUT2D eigenvalue weighted by Crippen LogP contribution is -2.37. The molecular formula is C12H13FN2O4. The molecule has 0 heterocycles. The molecule has 0 atom stereocenters. The van der Waals surface area contributed by atoms with Crippen molar-refractivity contribution in [3.8, 4) is 0 Å². The minimum Gasteiger partial charge on any atom is -0.478 e. The van der Waals surface area contributed by atoms with Gasteiger partial charge >= 0.3 is 5.97 Å². The number of carboxylic acid groups (broad SMARTS) is 1. The van der Waals surface area contributed by atoms with Crippen LogP contribution in [0.15, 0.2) is 12.1 Å². The van der Waals surface area contributed by atoms with Gasteiger partial charge in [0, 0.05) is 25.2 Å². The Morgan fingerprint density at radius 2 is 2.16 bits per heavy atom. The first-order valence-corrected chi connectivity index (χ1v) is 5.86. The largest absolute Gasteiger partial charge is 0.478 e. The van der Waals surface area contributed by atoms with Gasteiger partial charge in [-0.2, -0.15) is 0 Å². The molecule has 1 saturated carbocycles. The molecule has 0 spiro atoms. The molecule has 19 heavy (non-hydrogen) atoms. The van der Waals surface area contributed by atoms with Gasteiger partial charge in [-0.05, 0) is 19.3 Å². The molecule has 2 rings (SSSR count). The number of rotatable bonds is 4. The van der Waals surface area contributed by atoms with Gasteiger partial charge < -0.3 is 10.0 Å². The van der Waals surface area contributed by atoms with Gasteiger partial charge in [0.25, 0.3) is 5.69 Å². The third-order valence-corrected chi connectivity index (χ3v) is 3.49. The number of nitro groups is 1. The number of anilines is 1. The number of nitro benzene ring substituents is 1. The van der Waals surface area contributed by atoms with Gasteiger partial charge in [0.05, 0.1) is 4.92 Å². The van der Waals surface area contributed by atoms with E-state index in [1.54, 1.807) is 11.9 Å². The van der Waals surface area contributed by atoms with Crippen LogP contribution in [0.2, 0.25) is 0 Å². The van der Waals surface area contributed by atoms with Crippen LogP contribution >= 0.6 is 0 Å². The minimum absolute atomic E-state index is 0.122. The molecule has 102 valence electrons. The van der Waals surface area contributed by atoms with Crippen molar-refractivity contribution in [1.29, 1.82) is 0 Å². The number of hydrogen-bond acceptors (Lipinski definition) is 4. The van der Waals surface area contributed by atoms with Gasteiger partial charge in [0.1, 0.15) is 17.1 Å². The first kappa shape index (κ1) is 13.3. The highest BCUT2D eigenvalue weighted by Gasteiger charge is 2.29. The highest BCUT2D eigenvalue weighted by molar-refractivity contribution is 5.90. The second kappa shape index (κ2) is 4.83. The van der Waals surface area contributed by atoms with E-state index in [9.17, 15) is 19.3 Å². The SMILES string of the molecule is CN(c1cc(F)c(C(=O)O)cc1[N+](=O)[O-])C1CCC1. The number of carboxylic acids is 1. The van der Waals surface area contributed by atoms with Crippen LogP contribution in [-0.2, 0) is 0 Å². The van der Waals surface area contributed by atoms with Crippen LogP contribution in [0.25, 0.3) is 0 Å². The second-order valence-electron chi connectivity index (χ2n) is 4.58. The summed E-state index contributed by atoms with van der Waals surface area (Å²) in [6.07, 6.45) is 2.84. The van der Waals surface area contributed by atoms with Crippen molar-refractivity contribution in [3.05, 3.63) is 33.6 Å². The Hall–Kier alpha value is -2.18. The Morgan fingerprint density at radius 1 is 1.53 bits per heavy atom. The molecule has 6 nitrogen and oxygen atoms in total. The number of aromatic carboxylic acids is 1. The zero-order valence-corrected chi connectivity index (χ0v) is 10.3. The third kappa shape index (κ3) is 2.35. The normalized spacial score (nSPS) is 14.8. The summed E-state index contributed by atoms with van der Waals surface area (Å²) >= 11 is 0. The van der Waals surface area contributed by atoms with Gasteiger partial charge in [-0.25, -0.2) is 9.18 Å². The number of halogens is 1. The summed E-state index contributed by atoms with van der Waals surface area (Å²) in [6.45, 7) is 0. The average Bonchev–Trinajstić information content (AvgIpc) is 2.25. The lowest BCUT2D eigenvalue weighted by atomic mass is 9.91. The summed E-state index contributed by atoms with van der Waals surface area (Å²) in [7, 11) is 1.66. The zero-order chi connectivity index (χ0) is 14.2. The maximum Gasteiger partial charge on any atom is 0.338 e. The molecule has 0 aromatic heterocycles. The number of nitrogens with zero attached hydrogens (tertiary/aromatic N) is 2. The van der Waals surface area contributed by atoms with E-state index < -0.39 is 22.3 Å². The molecule has 1 fully saturated rings. The van der Waals surface area contributed by atoms with E-state index in [-0.39, 0.29) is 17.4 Å². The zero-order valence-electron chi connectivity index (χ0n) is 10.3. The summed E-state index contributed by atoms with van der Waals surface area (Å²) in [4.78, 5) is 22.8. The molecule has 1 aliphatic rings. The average molecular weight is 268 g/mol. The minimum atomic E-state index is -1.52. The van der Waals surface area contributed by atoms with E-state index in [0.29, 0.717) is 0 Å². The molecule has 0 unspecified atom stereocenters. The molecule has 0 radical (unpaired) electrons. The molecular weight excluding hydrogens is 255 g/mol. The maximum absolute atomic E-state index is 13.7. The molecule has 1 N–H and O–H groups in total. The summed E-state index contributed by atoms with van der Waals surface area (Å²) in [5, 5.41) is 19.8. The van der Waals surface area contributed by atoms with E-state index in [4.69, 9.17) is 5.11 Å². The number of hydrogen-bond donors (Lipinski definition) is 1. The summed E-state index contributed by atoms with van der Waals surface area (Å²) < 4.78 is 13.7. The van der Waals surface area contributed by atoms with Crippen molar-refractivity contribution >= 4 is 17.3 Å². The highest BCUT2D eigenvalue weighted by atomic mass is 19.1. The number of benzene rings is 1. The Labute approximate surface area is 108 Å². The lowest BCUT2D eigenvalue weighted by Gasteiger charge is -2.36. The lowest BCUT2D eigenvalue weighted by molar-refractivity contribution is -0.384. The van der Waals surface area contributed by atoms with Crippen LogP contribution in [0.4, 0.5) is 15.8 Å². The van der Waals surface area contributed by atoms with Crippen molar-refractivity contribution in [2.24, 2.45) is 0 Å². The second-order valence-corrected chi connectivity index (χ2v) is 4.58. The standard InChI is InChI=1S/C12H13FN2O4/c1-14(7-3-2-4-7)10-6-9(13)8(12(16)17)5-11(10)15(18)19/h5-7H,2-4H2,1H3,(H,16,17). The fourth-order valence-corrected chi connectivity index (χ4v) is 2.11. The maximum atomic E-state index is 13.7. The quantitative estimate of drug-likeness (QED) is 0.669. The number of carbonyl (C=O) groups is 1. The Balaban J connectivity index is 2.49. The third-order valence-electron chi connectivity index (χ3n) is 3.49. The molecule has 0 amide bonds. The van der Waals surface area contributed by atoms with Gasteiger partial charge in [0.2, 0.25) is 0 Å². The van der Waals surface area contributed by atoms with Crippen molar-refractivity contribution in [1.82, 2.24) is 0 Å². The van der Waals surface area contributed by atoms with Crippen molar-refractivity contribution in [3.63, 3.8) is 0 Å². The van der Waals surface area contributed by atoms with E-state index >= 15 is 0 Å². The van der Waals surface area contributed by atoms with Gasteiger partial charge in [-0.1, -0.05) is 0 Å².